The van der Waals surface area contributed by atoms with Crippen LogP contribution in [0.25, 0.3) is 0 Å². The summed E-state index contributed by atoms with van der Waals surface area (Å²) in [5.41, 5.74) is 0.995. The predicted octanol–water partition coefficient (Wildman–Crippen LogP) is 5.50. The molecule has 0 saturated carbocycles. The third-order valence-electron chi connectivity index (χ3n) is 4.29. The minimum Gasteiger partial charge on any atom is -0.493 e. The summed E-state index contributed by atoms with van der Waals surface area (Å²) in [5.74, 6) is 1.36. The molecule has 0 fully saturated rings. The zero-order chi connectivity index (χ0) is 19.8. The average molecular weight is 408 g/mol. The number of methoxy groups -OCH3 is 2. The Morgan fingerprint density at radius 3 is 2.26 bits per heavy atom. The first-order valence-corrected chi connectivity index (χ1v) is 10.2. The van der Waals surface area contributed by atoms with Crippen molar-refractivity contribution < 1.29 is 14.3 Å². The zero-order valence-electron chi connectivity index (χ0n) is 16.1. The summed E-state index contributed by atoms with van der Waals surface area (Å²) in [6, 6.07) is 13.2. The van der Waals surface area contributed by atoms with Crippen LogP contribution < -0.4 is 14.8 Å². The van der Waals surface area contributed by atoms with Crippen molar-refractivity contribution in [3.8, 4) is 11.5 Å². The third kappa shape index (κ3) is 5.81. The van der Waals surface area contributed by atoms with Crippen LogP contribution in [-0.4, -0.2) is 25.4 Å². The maximum absolute atomic E-state index is 12.9. The van der Waals surface area contributed by atoms with Gasteiger partial charge >= 0.3 is 0 Å². The second-order valence-corrected chi connectivity index (χ2v) is 7.77. The summed E-state index contributed by atoms with van der Waals surface area (Å²) in [6.07, 6.45) is 1.52. The Morgan fingerprint density at radius 2 is 1.70 bits per heavy atom. The van der Waals surface area contributed by atoms with Crippen molar-refractivity contribution in [2.75, 3.05) is 14.2 Å². The summed E-state index contributed by atoms with van der Waals surface area (Å²) in [6.45, 7) is 4.07. The summed E-state index contributed by atoms with van der Waals surface area (Å²) < 4.78 is 10.7. The molecule has 27 heavy (non-hydrogen) atoms. The number of amides is 1. The van der Waals surface area contributed by atoms with Gasteiger partial charge in [0.25, 0.3) is 0 Å². The number of carbonyl (C=O) groups excluding carboxylic acids is 1. The standard InChI is InChI=1S/C21H26ClNO3S/c1-5-17(14-7-12-18(25-3)19(13-14)26-4)23-21(24)20(6-2)27-16-10-8-15(22)9-11-16/h7-13,17,20H,5-6H2,1-4H3,(H,23,24)/t17-,20-/m1/s1. The number of nitrogens with one attached hydrogen (secondary N) is 1. The van der Waals surface area contributed by atoms with E-state index in [1.807, 2.05) is 49.4 Å². The van der Waals surface area contributed by atoms with Crippen LogP contribution in [0, 0.1) is 0 Å². The minimum absolute atomic E-state index is 0.0269. The topological polar surface area (TPSA) is 47.6 Å². The van der Waals surface area contributed by atoms with Crippen molar-refractivity contribution in [3.05, 3.63) is 53.1 Å². The number of carbonyl (C=O) groups is 1. The van der Waals surface area contributed by atoms with E-state index in [-0.39, 0.29) is 17.2 Å². The molecule has 1 N–H and O–H groups in total. The molecule has 0 unspecified atom stereocenters. The lowest BCUT2D eigenvalue weighted by atomic mass is 10.0. The molecule has 2 atom stereocenters. The van der Waals surface area contributed by atoms with E-state index in [0.29, 0.717) is 16.5 Å². The van der Waals surface area contributed by atoms with E-state index in [0.717, 1.165) is 23.3 Å². The highest BCUT2D eigenvalue weighted by atomic mass is 35.5. The molecule has 146 valence electrons. The van der Waals surface area contributed by atoms with E-state index < -0.39 is 0 Å². The number of rotatable bonds is 9. The fourth-order valence-corrected chi connectivity index (χ4v) is 3.84. The Balaban J connectivity index is 2.11. The van der Waals surface area contributed by atoms with Crippen molar-refractivity contribution in [2.45, 2.75) is 42.9 Å². The molecule has 1 amide bonds. The SMILES string of the molecule is CC[C@@H](Sc1ccc(Cl)cc1)C(=O)N[C@H](CC)c1ccc(OC)c(OC)c1. The van der Waals surface area contributed by atoms with Crippen LogP contribution in [0.2, 0.25) is 5.02 Å². The maximum Gasteiger partial charge on any atom is 0.233 e. The van der Waals surface area contributed by atoms with Crippen molar-refractivity contribution >= 4 is 29.3 Å². The number of benzene rings is 2. The highest BCUT2D eigenvalue weighted by Gasteiger charge is 2.22. The monoisotopic (exact) mass is 407 g/mol. The Kier molecular flexibility index (Phi) is 8.32. The van der Waals surface area contributed by atoms with E-state index in [9.17, 15) is 4.79 Å². The molecule has 0 aromatic heterocycles. The first-order valence-electron chi connectivity index (χ1n) is 8.96. The van der Waals surface area contributed by atoms with Gasteiger partial charge in [0.15, 0.2) is 11.5 Å². The molecule has 0 aliphatic heterocycles. The van der Waals surface area contributed by atoms with Gasteiger partial charge in [-0.2, -0.15) is 0 Å². The largest absolute Gasteiger partial charge is 0.493 e. The van der Waals surface area contributed by atoms with E-state index in [4.69, 9.17) is 21.1 Å². The molecule has 6 heteroatoms. The molecule has 0 aliphatic carbocycles. The molecule has 2 aromatic rings. The molecular weight excluding hydrogens is 382 g/mol. The lowest BCUT2D eigenvalue weighted by molar-refractivity contribution is -0.121. The molecule has 0 bridgehead atoms. The Bertz CT molecular complexity index is 752. The first-order chi connectivity index (χ1) is 13.0. The average Bonchev–Trinajstić information content (AvgIpc) is 2.70. The fourth-order valence-electron chi connectivity index (χ4n) is 2.76. The molecule has 0 saturated heterocycles. The van der Waals surface area contributed by atoms with Crippen LogP contribution in [0.3, 0.4) is 0 Å². The molecule has 0 heterocycles. The molecule has 0 aliphatic rings. The first kappa shape index (κ1) is 21.5. The van der Waals surface area contributed by atoms with Crippen LogP contribution in [0.4, 0.5) is 0 Å². The van der Waals surface area contributed by atoms with Crippen molar-refractivity contribution in [3.63, 3.8) is 0 Å². The highest BCUT2D eigenvalue weighted by molar-refractivity contribution is 8.00. The number of halogens is 1. The molecule has 2 rings (SSSR count). The van der Waals surface area contributed by atoms with Gasteiger partial charge in [-0.15, -0.1) is 11.8 Å². The number of thioether (sulfide) groups is 1. The number of hydrogen-bond acceptors (Lipinski definition) is 4. The van der Waals surface area contributed by atoms with Crippen molar-refractivity contribution in [1.29, 1.82) is 0 Å². The Morgan fingerprint density at radius 1 is 1.04 bits per heavy atom. The Hall–Kier alpha value is -1.85. The van der Waals surface area contributed by atoms with E-state index in [1.165, 1.54) is 0 Å². The fraction of sp³-hybridized carbons (Fsp3) is 0.381. The van der Waals surface area contributed by atoms with Gasteiger partial charge in [0.05, 0.1) is 25.5 Å². The van der Waals surface area contributed by atoms with Gasteiger partial charge in [-0.25, -0.2) is 0 Å². The quantitative estimate of drug-likeness (QED) is 0.558. The molecule has 4 nitrogen and oxygen atoms in total. The highest BCUT2D eigenvalue weighted by Crippen LogP contribution is 2.32. The zero-order valence-corrected chi connectivity index (χ0v) is 17.7. The van der Waals surface area contributed by atoms with E-state index in [1.54, 1.807) is 26.0 Å². The van der Waals surface area contributed by atoms with Crippen LogP contribution in [0.15, 0.2) is 47.4 Å². The second-order valence-electron chi connectivity index (χ2n) is 6.05. The molecule has 2 aromatic carbocycles. The van der Waals surface area contributed by atoms with Crippen molar-refractivity contribution in [2.24, 2.45) is 0 Å². The molecule has 0 radical (unpaired) electrons. The van der Waals surface area contributed by atoms with Gasteiger partial charge in [0.2, 0.25) is 5.91 Å². The van der Waals surface area contributed by atoms with E-state index in [2.05, 4.69) is 12.2 Å². The predicted molar refractivity (Wildman–Crippen MR) is 112 cm³/mol. The van der Waals surface area contributed by atoms with Crippen LogP contribution >= 0.6 is 23.4 Å². The van der Waals surface area contributed by atoms with Crippen LogP contribution in [0.5, 0.6) is 11.5 Å². The smallest absolute Gasteiger partial charge is 0.233 e. The summed E-state index contributed by atoms with van der Waals surface area (Å²) in [5, 5.41) is 3.70. The van der Waals surface area contributed by atoms with E-state index >= 15 is 0 Å². The van der Waals surface area contributed by atoms with Gasteiger partial charge < -0.3 is 14.8 Å². The molecule has 0 spiro atoms. The summed E-state index contributed by atoms with van der Waals surface area (Å²) in [7, 11) is 3.22. The molecular formula is C21H26ClNO3S. The van der Waals surface area contributed by atoms with Crippen molar-refractivity contribution in [1.82, 2.24) is 5.32 Å². The minimum atomic E-state index is -0.166. The van der Waals surface area contributed by atoms with Gasteiger partial charge in [-0.1, -0.05) is 31.5 Å². The van der Waals surface area contributed by atoms with Gasteiger partial charge in [0, 0.05) is 9.92 Å². The number of hydrogen-bond donors (Lipinski definition) is 1. The maximum atomic E-state index is 12.9. The Labute approximate surface area is 170 Å². The lowest BCUT2D eigenvalue weighted by Gasteiger charge is -2.22. The lowest BCUT2D eigenvalue weighted by Crippen LogP contribution is -2.35. The summed E-state index contributed by atoms with van der Waals surface area (Å²) >= 11 is 7.49. The third-order valence-corrected chi connectivity index (χ3v) is 5.92. The normalized spacial score (nSPS) is 12.9. The summed E-state index contributed by atoms with van der Waals surface area (Å²) in [4.78, 5) is 13.9. The van der Waals surface area contributed by atoms with Crippen LogP contribution in [0.1, 0.15) is 38.3 Å². The second kappa shape index (κ2) is 10.5. The van der Waals surface area contributed by atoms with Gasteiger partial charge in [0.1, 0.15) is 0 Å². The number of ether oxygens (including phenoxy) is 2. The van der Waals surface area contributed by atoms with Gasteiger partial charge in [-0.05, 0) is 54.8 Å². The van der Waals surface area contributed by atoms with Crippen LogP contribution in [-0.2, 0) is 4.79 Å². The van der Waals surface area contributed by atoms with Gasteiger partial charge in [-0.3, -0.25) is 4.79 Å².